The van der Waals surface area contributed by atoms with Crippen LogP contribution in [0.25, 0.3) is 0 Å². The molecule has 0 saturated carbocycles. The third-order valence-electron chi connectivity index (χ3n) is 0.542. The molecule has 0 aromatic heterocycles. The molecule has 0 aliphatic rings. The summed E-state index contributed by atoms with van der Waals surface area (Å²) in [5.41, 5.74) is 4.73. The number of nitriles is 1. The van der Waals surface area contributed by atoms with Crippen LogP contribution in [0.1, 0.15) is 0 Å². The van der Waals surface area contributed by atoms with E-state index in [1.54, 1.807) is 6.07 Å². The van der Waals surface area contributed by atoms with Gasteiger partial charge in [-0.25, -0.2) is 0 Å². The van der Waals surface area contributed by atoms with Crippen LogP contribution in [0.5, 0.6) is 0 Å². The van der Waals surface area contributed by atoms with Gasteiger partial charge in [0.1, 0.15) is 0 Å². The maximum Gasteiger partial charge on any atom is 0.241 e. The Bertz CT molecular complexity index is 186. The van der Waals surface area contributed by atoms with Crippen LogP contribution in [-0.2, 0) is 4.79 Å². The second-order valence-electron chi connectivity index (χ2n) is 1.25. The molecule has 46 valence electrons. The van der Waals surface area contributed by atoms with Gasteiger partial charge in [-0.3, -0.25) is 4.79 Å². The van der Waals surface area contributed by atoms with Gasteiger partial charge in [0.25, 0.3) is 0 Å². The van der Waals surface area contributed by atoms with Crippen LogP contribution in [0.4, 0.5) is 0 Å². The van der Waals surface area contributed by atoms with Gasteiger partial charge in [-0.2, -0.15) is 5.26 Å². The minimum absolute atomic E-state index is 0.516. The van der Waals surface area contributed by atoms with Crippen molar-refractivity contribution >= 4 is 5.91 Å². The number of carbonyl (C=O) groups is 1. The van der Waals surface area contributed by atoms with Gasteiger partial charge in [0.05, 0.1) is 6.07 Å². The number of carbonyl (C=O) groups excluding carboxylic acids is 1. The van der Waals surface area contributed by atoms with Crippen molar-refractivity contribution in [2.75, 3.05) is 0 Å². The first kappa shape index (κ1) is 7.44. The van der Waals surface area contributed by atoms with Crippen molar-refractivity contribution < 1.29 is 4.79 Å². The highest BCUT2D eigenvalue weighted by Gasteiger charge is 1.75. The number of hydrogen-bond donors (Lipinski definition) is 1. The fourth-order valence-electron chi connectivity index (χ4n) is 0.249. The maximum absolute atomic E-state index is 9.98. The zero-order valence-electron chi connectivity index (χ0n) is 4.74. The van der Waals surface area contributed by atoms with Crippen molar-refractivity contribution in [3.05, 3.63) is 24.3 Å². The summed E-state index contributed by atoms with van der Waals surface area (Å²) in [6.45, 7) is 0. The van der Waals surface area contributed by atoms with Crippen molar-refractivity contribution in [1.82, 2.24) is 0 Å². The molecule has 0 bridgehead atoms. The molecule has 0 unspecified atom stereocenters. The molecule has 0 aromatic carbocycles. The van der Waals surface area contributed by atoms with Gasteiger partial charge in [-0.1, -0.05) is 12.2 Å². The standard InChI is InChI=1S/C6H6N2O/c7-5-3-1-2-4-6(8)9/h1-4H,(H2,8,9). The van der Waals surface area contributed by atoms with Gasteiger partial charge in [0.2, 0.25) is 5.91 Å². The molecule has 9 heavy (non-hydrogen) atoms. The molecule has 0 saturated heterocycles. The largest absolute Gasteiger partial charge is 0.366 e. The molecule has 3 nitrogen and oxygen atoms in total. The van der Waals surface area contributed by atoms with E-state index in [0.29, 0.717) is 0 Å². The Kier molecular flexibility index (Phi) is 3.80. The number of nitrogens with two attached hydrogens (primary N) is 1. The Morgan fingerprint density at radius 2 is 2.22 bits per heavy atom. The van der Waals surface area contributed by atoms with Crippen LogP contribution in [0.3, 0.4) is 0 Å². The lowest BCUT2D eigenvalue weighted by atomic mass is 10.4. The van der Waals surface area contributed by atoms with Gasteiger partial charge in [-0.15, -0.1) is 0 Å². The first-order chi connectivity index (χ1) is 4.27. The molecule has 0 heterocycles. The fraction of sp³-hybridized carbons (Fsp3) is 0. The molecular weight excluding hydrogens is 116 g/mol. The van der Waals surface area contributed by atoms with Crippen LogP contribution >= 0.6 is 0 Å². The second-order valence-corrected chi connectivity index (χ2v) is 1.25. The van der Waals surface area contributed by atoms with Gasteiger partial charge in [-0.05, 0) is 0 Å². The van der Waals surface area contributed by atoms with E-state index in [1.165, 1.54) is 24.3 Å². The molecule has 0 radical (unpaired) electrons. The fourth-order valence-corrected chi connectivity index (χ4v) is 0.249. The molecule has 0 aliphatic heterocycles. The molecule has 0 spiro atoms. The monoisotopic (exact) mass is 122 g/mol. The van der Waals surface area contributed by atoms with E-state index in [2.05, 4.69) is 0 Å². The van der Waals surface area contributed by atoms with Gasteiger partial charge in [0.15, 0.2) is 0 Å². The maximum atomic E-state index is 9.98. The summed E-state index contributed by atoms with van der Waals surface area (Å²) in [5, 5.41) is 7.94. The first-order valence-electron chi connectivity index (χ1n) is 2.29. The first-order valence-corrected chi connectivity index (χ1v) is 2.29. The summed E-state index contributed by atoms with van der Waals surface area (Å²) in [5.74, 6) is -0.516. The lowest BCUT2D eigenvalue weighted by Gasteiger charge is -1.72. The van der Waals surface area contributed by atoms with Crippen molar-refractivity contribution in [3.8, 4) is 6.07 Å². The van der Waals surface area contributed by atoms with Crippen LogP contribution < -0.4 is 5.73 Å². The zero-order chi connectivity index (χ0) is 7.11. The summed E-state index contributed by atoms with van der Waals surface area (Å²) in [4.78, 5) is 9.98. The third kappa shape index (κ3) is 6.44. The molecule has 0 rings (SSSR count). The number of hydrogen-bond acceptors (Lipinski definition) is 2. The van der Waals surface area contributed by atoms with Crippen LogP contribution in [0.15, 0.2) is 24.3 Å². The minimum atomic E-state index is -0.516. The van der Waals surface area contributed by atoms with Gasteiger partial charge >= 0.3 is 0 Å². The van der Waals surface area contributed by atoms with E-state index in [4.69, 9.17) is 11.0 Å². The highest BCUT2D eigenvalue weighted by Crippen LogP contribution is 1.73. The third-order valence-corrected chi connectivity index (χ3v) is 0.542. The number of primary amides is 1. The van der Waals surface area contributed by atoms with Crippen molar-refractivity contribution in [2.45, 2.75) is 0 Å². The number of amides is 1. The lowest BCUT2D eigenvalue weighted by Crippen LogP contribution is -2.04. The molecule has 2 N–H and O–H groups in total. The summed E-state index contributed by atoms with van der Waals surface area (Å²) < 4.78 is 0. The van der Waals surface area contributed by atoms with E-state index in [0.717, 1.165) is 0 Å². The molecule has 0 atom stereocenters. The van der Waals surface area contributed by atoms with E-state index in [9.17, 15) is 4.79 Å². The van der Waals surface area contributed by atoms with Crippen molar-refractivity contribution in [1.29, 1.82) is 5.26 Å². The highest BCUT2D eigenvalue weighted by molar-refractivity contribution is 5.85. The van der Waals surface area contributed by atoms with Crippen LogP contribution in [-0.4, -0.2) is 5.91 Å². The topological polar surface area (TPSA) is 66.9 Å². The summed E-state index contributed by atoms with van der Waals surface area (Å²) in [7, 11) is 0. The predicted octanol–water partition coefficient (Wildman–Crippen LogP) is 0.108. The van der Waals surface area contributed by atoms with E-state index >= 15 is 0 Å². The number of rotatable bonds is 2. The van der Waals surface area contributed by atoms with Crippen LogP contribution in [0.2, 0.25) is 0 Å². The molecule has 0 fully saturated rings. The van der Waals surface area contributed by atoms with Gasteiger partial charge in [0, 0.05) is 12.2 Å². The minimum Gasteiger partial charge on any atom is -0.366 e. The Morgan fingerprint density at radius 1 is 1.56 bits per heavy atom. The van der Waals surface area contributed by atoms with Crippen molar-refractivity contribution in [3.63, 3.8) is 0 Å². The van der Waals surface area contributed by atoms with Crippen LogP contribution in [0, 0.1) is 11.3 Å². The highest BCUT2D eigenvalue weighted by atomic mass is 16.1. The smallest absolute Gasteiger partial charge is 0.241 e. The molecule has 3 heteroatoms. The van der Waals surface area contributed by atoms with Crippen molar-refractivity contribution in [2.24, 2.45) is 5.73 Å². The molecule has 1 amide bonds. The molecule has 0 aromatic rings. The van der Waals surface area contributed by atoms with E-state index in [-0.39, 0.29) is 0 Å². The number of allylic oxidation sites excluding steroid dienone is 3. The summed E-state index contributed by atoms with van der Waals surface area (Å²) in [6, 6.07) is 1.76. The average molecular weight is 122 g/mol. The van der Waals surface area contributed by atoms with Gasteiger partial charge < -0.3 is 5.73 Å². The average Bonchev–Trinajstić information content (AvgIpc) is 1.80. The van der Waals surface area contributed by atoms with E-state index in [1.807, 2.05) is 0 Å². The molecular formula is C6H6N2O. The quantitative estimate of drug-likeness (QED) is 0.321. The number of nitrogens with zero attached hydrogens (tertiary/aromatic N) is 1. The Hall–Kier alpha value is -1.56. The zero-order valence-corrected chi connectivity index (χ0v) is 4.74. The normalized spacial score (nSPS) is 10.1. The SMILES string of the molecule is N#CC=CC=CC(N)=O. The Balaban J connectivity index is 3.63. The molecule has 0 aliphatic carbocycles. The summed E-state index contributed by atoms with van der Waals surface area (Å²) >= 11 is 0. The Labute approximate surface area is 53.1 Å². The lowest BCUT2D eigenvalue weighted by molar-refractivity contribution is -0.113. The summed E-state index contributed by atoms with van der Waals surface area (Å²) in [6.07, 6.45) is 5.27. The predicted molar refractivity (Wildman–Crippen MR) is 33.1 cm³/mol. The Morgan fingerprint density at radius 3 is 2.67 bits per heavy atom. The second kappa shape index (κ2) is 4.60. The van der Waals surface area contributed by atoms with E-state index < -0.39 is 5.91 Å².